The molecule has 0 aliphatic heterocycles. The highest BCUT2D eigenvalue weighted by Crippen LogP contribution is 2.10. The zero-order chi connectivity index (χ0) is 11.3. The lowest BCUT2D eigenvalue weighted by Gasteiger charge is -2.07. The monoisotopic (exact) mass is 206 g/mol. The van der Waals surface area contributed by atoms with Crippen molar-refractivity contribution >= 4 is 11.6 Å². The molecule has 0 saturated heterocycles. The van der Waals surface area contributed by atoms with E-state index in [4.69, 9.17) is 5.73 Å². The number of carbonyl (C=O) groups excluding carboxylic acids is 1. The van der Waals surface area contributed by atoms with Gasteiger partial charge in [0.2, 0.25) is 5.91 Å². The standard InChI is InChI=1S/C12H18N2O/c1-9-4-3-5-11(8-9)14-12(15)7-6-10(2)13/h3-5,8,10H,6-7,13H2,1-2H3,(H,14,15). The zero-order valence-corrected chi connectivity index (χ0v) is 9.29. The molecule has 0 heterocycles. The first-order chi connectivity index (χ1) is 7.08. The third kappa shape index (κ3) is 4.61. The highest BCUT2D eigenvalue weighted by Gasteiger charge is 2.03. The second kappa shape index (κ2) is 5.51. The van der Waals surface area contributed by atoms with Gasteiger partial charge in [-0.1, -0.05) is 12.1 Å². The predicted octanol–water partition coefficient (Wildman–Crippen LogP) is 2.06. The van der Waals surface area contributed by atoms with Gasteiger partial charge in [0, 0.05) is 18.2 Å². The van der Waals surface area contributed by atoms with Crippen LogP contribution in [0.5, 0.6) is 0 Å². The molecule has 3 heteroatoms. The Labute approximate surface area is 90.7 Å². The fraction of sp³-hybridized carbons (Fsp3) is 0.417. The molecule has 0 bridgehead atoms. The van der Waals surface area contributed by atoms with Crippen LogP contribution in [0.2, 0.25) is 0 Å². The van der Waals surface area contributed by atoms with E-state index in [0.29, 0.717) is 6.42 Å². The normalized spacial score (nSPS) is 12.2. The molecule has 0 radical (unpaired) electrons. The van der Waals surface area contributed by atoms with Crippen LogP contribution < -0.4 is 11.1 Å². The summed E-state index contributed by atoms with van der Waals surface area (Å²) in [4.78, 5) is 11.5. The minimum atomic E-state index is 0.0258. The molecule has 0 saturated carbocycles. The average Bonchev–Trinajstić information content (AvgIpc) is 2.15. The minimum absolute atomic E-state index is 0.0258. The fourth-order valence-electron chi connectivity index (χ4n) is 1.31. The molecule has 3 nitrogen and oxygen atoms in total. The van der Waals surface area contributed by atoms with E-state index in [-0.39, 0.29) is 11.9 Å². The molecular formula is C12H18N2O. The molecule has 1 aromatic carbocycles. The maximum absolute atomic E-state index is 11.5. The molecule has 0 fully saturated rings. The van der Waals surface area contributed by atoms with Crippen LogP contribution in [0.25, 0.3) is 0 Å². The van der Waals surface area contributed by atoms with Crippen LogP contribution in [0.4, 0.5) is 5.69 Å². The van der Waals surface area contributed by atoms with E-state index in [1.807, 2.05) is 38.1 Å². The Hall–Kier alpha value is -1.35. The lowest BCUT2D eigenvalue weighted by atomic mass is 10.2. The van der Waals surface area contributed by atoms with Crippen molar-refractivity contribution in [3.05, 3.63) is 29.8 Å². The second-order valence-corrected chi connectivity index (χ2v) is 3.93. The van der Waals surface area contributed by atoms with E-state index in [1.54, 1.807) is 0 Å². The van der Waals surface area contributed by atoms with Gasteiger partial charge in [0.25, 0.3) is 0 Å². The fourth-order valence-corrected chi connectivity index (χ4v) is 1.31. The Morgan fingerprint density at radius 3 is 2.87 bits per heavy atom. The topological polar surface area (TPSA) is 55.1 Å². The molecule has 0 aliphatic carbocycles. The zero-order valence-electron chi connectivity index (χ0n) is 9.29. The third-order valence-electron chi connectivity index (χ3n) is 2.13. The highest BCUT2D eigenvalue weighted by molar-refractivity contribution is 5.90. The van der Waals surface area contributed by atoms with Crippen LogP contribution in [0, 0.1) is 6.92 Å². The SMILES string of the molecule is Cc1cccc(NC(=O)CCC(C)N)c1. The van der Waals surface area contributed by atoms with Gasteiger partial charge in [-0.15, -0.1) is 0 Å². The molecule has 1 amide bonds. The molecule has 3 N–H and O–H groups in total. The van der Waals surface area contributed by atoms with E-state index in [2.05, 4.69) is 5.32 Å². The van der Waals surface area contributed by atoms with Crippen molar-refractivity contribution in [2.24, 2.45) is 5.73 Å². The summed E-state index contributed by atoms with van der Waals surface area (Å²) in [6, 6.07) is 7.84. The quantitative estimate of drug-likeness (QED) is 0.792. The van der Waals surface area contributed by atoms with Gasteiger partial charge in [-0.25, -0.2) is 0 Å². The number of anilines is 1. The smallest absolute Gasteiger partial charge is 0.224 e. The van der Waals surface area contributed by atoms with E-state index >= 15 is 0 Å². The lowest BCUT2D eigenvalue weighted by Crippen LogP contribution is -2.19. The predicted molar refractivity (Wildman–Crippen MR) is 62.7 cm³/mol. The summed E-state index contributed by atoms with van der Waals surface area (Å²) in [5, 5.41) is 2.84. The van der Waals surface area contributed by atoms with E-state index < -0.39 is 0 Å². The van der Waals surface area contributed by atoms with Gasteiger partial charge < -0.3 is 11.1 Å². The minimum Gasteiger partial charge on any atom is -0.328 e. The van der Waals surface area contributed by atoms with Crippen LogP contribution in [-0.2, 0) is 4.79 Å². The van der Waals surface area contributed by atoms with Gasteiger partial charge in [0.1, 0.15) is 0 Å². The van der Waals surface area contributed by atoms with Gasteiger partial charge in [0.15, 0.2) is 0 Å². The highest BCUT2D eigenvalue weighted by atomic mass is 16.1. The lowest BCUT2D eigenvalue weighted by molar-refractivity contribution is -0.116. The Morgan fingerprint density at radius 2 is 2.27 bits per heavy atom. The Bertz CT molecular complexity index is 334. The van der Waals surface area contributed by atoms with Gasteiger partial charge in [-0.2, -0.15) is 0 Å². The van der Waals surface area contributed by atoms with Crippen molar-refractivity contribution in [3.63, 3.8) is 0 Å². The number of hydrogen-bond donors (Lipinski definition) is 2. The molecule has 0 spiro atoms. The van der Waals surface area contributed by atoms with Crippen molar-refractivity contribution < 1.29 is 4.79 Å². The van der Waals surface area contributed by atoms with Crippen molar-refractivity contribution in [1.82, 2.24) is 0 Å². The number of amides is 1. The number of benzene rings is 1. The molecule has 0 aliphatic rings. The molecule has 1 atom stereocenters. The number of aryl methyl sites for hydroxylation is 1. The van der Waals surface area contributed by atoms with Crippen LogP contribution in [0.1, 0.15) is 25.3 Å². The van der Waals surface area contributed by atoms with Gasteiger partial charge >= 0.3 is 0 Å². The van der Waals surface area contributed by atoms with Crippen LogP contribution in [0.15, 0.2) is 24.3 Å². The maximum Gasteiger partial charge on any atom is 0.224 e. The Balaban J connectivity index is 2.44. The van der Waals surface area contributed by atoms with E-state index in [0.717, 1.165) is 17.7 Å². The first-order valence-electron chi connectivity index (χ1n) is 5.20. The number of hydrogen-bond acceptors (Lipinski definition) is 2. The van der Waals surface area contributed by atoms with Crippen molar-refractivity contribution in [3.8, 4) is 0 Å². The molecule has 0 aromatic heterocycles. The average molecular weight is 206 g/mol. The van der Waals surface area contributed by atoms with Crippen LogP contribution in [-0.4, -0.2) is 11.9 Å². The Morgan fingerprint density at radius 1 is 1.53 bits per heavy atom. The summed E-state index contributed by atoms with van der Waals surface area (Å²) in [5.74, 6) is 0.0258. The summed E-state index contributed by atoms with van der Waals surface area (Å²) in [5.41, 5.74) is 7.57. The van der Waals surface area contributed by atoms with Crippen molar-refractivity contribution in [1.29, 1.82) is 0 Å². The van der Waals surface area contributed by atoms with Crippen LogP contribution >= 0.6 is 0 Å². The molecular weight excluding hydrogens is 188 g/mol. The number of nitrogens with two attached hydrogens (primary N) is 1. The van der Waals surface area contributed by atoms with Crippen molar-refractivity contribution in [2.75, 3.05) is 5.32 Å². The Kier molecular flexibility index (Phi) is 4.31. The first kappa shape index (κ1) is 11.7. The van der Waals surface area contributed by atoms with Gasteiger partial charge in [0.05, 0.1) is 0 Å². The summed E-state index contributed by atoms with van der Waals surface area (Å²) in [6.07, 6.45) is 1.20. The molecule has 1 aromatic rings. The molecule has 1 unspecified atom stereocenters. The van der Waals surface area contributed by atoms with E-state index in [1.165, 1.54) is 0 Å². The van der Waals surface area contributed by atoms with Gasteiger partial charge in [-0.05, 0) is 38.0 Å². The van der Waals surface area contributed by atoms with Gasteiger partial charge in [-0.3, -0.25) is 4.79 Å². The summed E-state index contributed by atoms with van der Waals surface area (Å²) >= 11 is 0. The molecule has 15 heavy (non-hydrogen) atoms. The van der Waals surface area contributed by atoms with Crippen LogP contribution in [0.3, 0.4) is 0 Å². The molecule has 1 rings (SSSR count). The largest absolute Gasteiger partial charge is 0.328 e. The molecule has 82 valence electrons. The van der Waals surface area contributed by atoms with E-state index in [9.17, 15) is 4.79 Å². The number of carbonyl (C=O) groups is 1. The summed E-state index contributed by atoms with van der Waals surface area (Å²) in [6.45, 7) is 3.90. The number of rotatable bonds is 4. The summed E-state index contributed by atoms with van der Waals surface area (Å²) < 4.78 is 0. The summed E-state index contributed by atoms with van der Waals surface area (Å²) in [7, 11) is 0. The van der Waals surface area contributed by atoms with Crippen molar-refractivity contribution in [2.45, 2.75) is 32.7 Å². The number of nitrogens with one attached hydrogen (secondary N) is 1. The first-order valence-corrected chi connectivity index (χ1v) is 5.20. The second-order valence-electron chi connectivity index (χ2n) is 3.93. The third-order valence-corrected chi connectivity index (χ3v) is 2.13. The maximum atomic E-state index is 11.5.